The van der Waals surface area contributed by atoms with Crippen LogP contribution in [0, 0.1) is 0 Å². The lowest BCUT2D eigenvalue weighted by Gasteiger charge is -2.54. The summed E-state index contributed by atoms with van der Waals surface area (Å²) in [5, 5.41) is 4.51. The van der Waals surface area contributed by atoms with E-state index in [9.17, 15) is 9.18 Å². The van der Waals surface area contributed by atoms with Gasteiger partial charge >= 0.3 is 0 Å². The number of anilines is 1. The highest BCUT2D eigenvalue weighted by Crippen LogP contribution is 2.47. The van der Waals surface area contributed by atoms with Gasteiger partial charge in [0.05, 0.1) is 24.2 Å². The molecule has 0 radical (unpaired) electrons. The molecule has 0 aromatic carbocycles. The van der Waals surface area contributed by atoms with Crippen molar-refractivity contribution in [2.75, 3.05) is 58.4 Å². The van der Waals surface area contributed by atoms with E-state index in [0.717, 1.165) is 75.3 Å². The molecule has 222 valence electrons. The minimum Gasteiger partial charge on any atom is -0.473 e. The van der Waals surface area contributed by atoms with Crippen molar-refractivity contribution in [1.29, 1.82) is 0 Å². The number of fused-ring (bicyclic) bond motifs is 2. The van der Waals surface area contributed by atoms with E-state index in [4.69, 9.17) is 24.0 Å². The number of aromatic nitrogens is 3. The minimum absolute atomic E-state index is 0.0266. The second-order valence-electron chi connectivity index (χ2n) is 13.0. The highest BCUT2D eigenvalue weighted by atomic mass is 19.1. The molecule has 1 saturated carbocycles. The molecule has 4 fully saturated rings. The number of likely N-dealkylation sites (N-methyl/N-ethyl adjacent to an activating group) is 2. The summed E-state index contributed by atoms with van der Waals surface area (Å²) in [6.07, 6.45) is 5.21. The lowest BCUT2D eigenvalue weighted by molar-refractivity contribution is -0.134. The average molecular weight is 569 g/mol. The zero-order valence-corrected chi connectivity index (χ0v) is 24.4. The molecule has 0 N–H and O–H groups in total. The van der Waals surface area contributed by atoms with E-state index < -0.39 is 11.6 Å². The van der Waals surface area contributed by atoms with Crippen molar-refractivity contribution < 1.29 is 23.2 Å². The van der Waals surface area contributed by atoms with E-state index in [1.165, 1.54) is 0 Å². The number of hydrogen-bond donors (Lipinski definition) is 0. The highest BCUT2D eigenvalue weighted by Gasteiger charge is 2.49. The summed E-state index contributed by atoms with van der Waals surface area (Å²) >= 11 is 0. The van der Waals surface area contributed by atoms with Crippen molar-refractivity contribution in [2.24, 2.45) is 0 Å². The second kappa shape index (κ2) is 10.3. The van der Waals surface area contributed by atoms with E-state index in [1.54, 1.807) is 0 Å². The smallest absolute Gasteiger partial charge is 0.219 e. The summed E-state index contributed by atoms with van der Waals surface area (Å²) in [4.78, 5) is 29.8. The van der Waals surface area contributed by atoms with Crippen LogP contribution in [0.4, 0.5) is 10.2 Å². The van der Waals surface area contributed by atoms with Gasteiger partial charge in [0.25, 0.3) is 0 Å². The molecule has 2 aromatic rings. The SMILES string of the molecule is C[C@H](Oc1cc(N2CCN(C)C3(COC3)C2)nc(-c2noc3c2CCC[C@@]32CCCCC2=O)n1)[C@@H]1C[C@@H](F)CN1C. The summed E-state index contributed by atoms with van der Waals surface area (Å²) in [7, 11) is 4.09. The zero-order valence-electron chi connectivity index (χ0n) is 24.4. The Balaban J connectivity index is 1.26. The first-order valence-electron chi connectivity index (χ1n) is 15.2. The fraction of sp³-hybridized carbons (Fsp3) is 0.733. The fourth-order valence-electron chi connectivity index (χ4n) is 7.80. The lowest BCUT2D eigenvalue weighted by Crippen LogP contribution is -2.70. The van der Waals surface area contributed by atoms with E-state index in [2.05, 4.69) is 22.0 Å². The predicted octanol–water partition coefficient (Wildman–Crippen LogP) is 3.18. The van der Waals surface area contributed by atoms with Crippen LogP contribution in [-0.4, -0.2) is 108 Å². The summed E-state index contributed by atoms with van der Waals surface area (Å²) in [5.74, 6) is 2.67. The third-order valence-electron chi connectivity index (χ3n) is 10.4. The number of carbonyl (C=O) groups is 1. The van der Waals surface area contributed by atoms with E-state index in [-0.39, 0.29) is 23.5 Å². The van der Waals surface area contributed by atoms with Crippen LogP contribution in [0.2, 0.25) is 0 Å². The van der Waals surface area contributed by atoms with Gasteiger partial charge in [0, 0.05) is 50.3 Å². The Bertz CT molecular complexity index is 1320. The molecule has 0 bridgehead atoms. The normalized spacial score (nSPS) is 30.9. The minimum atomic E-state index is -0.852. The largest absolute Gasteiger partial charge is 0.473 e. The van der Waals surface area contributed by atoms with Crippen LogP contribution in [-0.2, 0) is 21.4 Å². The van der Waals surface area contributed by atoms with Gasteiger partial charge in [-0.05, 0) is 59.5 Å². The standard InChI is InChI=1S/C30H41FN6O4/c1-19(22-13-20(31)15-35(22)2)40-25-14-24(37-12-11-36(3)29(16-37)17-39-18-29)32-28(33-25)26-21-7-6-10-30(27(21)41-34-26)9-5-4-8-23(30)38/h14,19-20,22H,4-13,15-18H2,1-3H3/t19-,20+,22-,30+/m0/s1. The number of ketones is 1. The number of halogens is 1. The van der Waals surface area contributed by atoms with Gasteiger partial charge in [-0.1, -0.05) is 11.6 Å². The van der Waals surface area contributed by atoms with Crippen molar-refractivity contribution in [3.63, 3.8) is 0 Å². The molecule has 11 heteroatoms. The van der Waals surface area contributed by atoms with Crippen molar-refractivity contribution in [3.8, 4) is 17.4 Å². The summed E-state index contributed by atoms with van der Waals surface area (Å²) < 4.78 is 32.2. The quantitative estimate of drug-likeness (QED) is 0.535. The Kier molecular flexibility index (Phi) is 6.82. The number of likely N-dealkylation sites (tertiary alicyclic amines) is 1. The number of carbonyl (C=O) groups excluding carboxylic acids is 1. The Morgan fingerprint density at radius 2 is 1.95 bits per heavy atom. The first kappa shape index (κ1) is 27.2. The highest BCUT2D eigenvalue weighted by molar-refractivity contribution is 5.91. The van der Waals surface area contributed by atoms with Crippen LogP contribution >= 0.6 is 0 Å². The van der Waals surface area contributed by atoms with Gasteiger partial charge in [0.2, 0.25) is 5.88 Å². The number of alkyl halides is 1. The van der Waals surface area contributed by atoms with Gasteiger partial charge in [0.1, 0.15) is 23.9 Å². The Morgan fingerprint density at radius 3 is 2.68 bits per heavy atom. The predicted molar refractivity (Wildman–Crippen MR) is 150 cm³/mol. The summed E-state index contributed by atoms with van der Waals surface area (Å²) in [6, 6.07) is 1.86. The number of piperazine rings is 1. The molecule has 3 saturated heterocycles. The molecule has 5 aliphatic rings. The summed E-state index contributed by atoms with van der Waals surface area (Å²) in [6.45, 7) is 6.28. The molecule has 3 aliphatic heterocycles. The van der Waals surface area contributed by atoms with Crippen LogP contribution < -0.4 is 9.64 Å². The van der Waals surface area contributed by atoms with Gasteiger partial charge in [-0.2, -0.15) is 4.98 Å². The van der Waals surface area contributed by atoms with Crippen LogP contribution in [0.3, 0.4) is 0 Å². The molecule has 7 rings (SSSR count). The summed E-state index contributed by atoms with van der Waals surface area (Å²) in [5.41, 5.74) is 0.975. The van der Waals surface area contributed by atoms with Crippen molar-refractivity contribution >= 4 is 11.6 Å². The molecule has 2 spiro atoms. The maximum Gasteiger partial charge on any atom is 0.219 e. The van der Waals surface area contributed by atoms with Crippen LogP contribution in [0.1, 0.15) is 63.2 Å². The third-order valence-corrected chi connectivity index (χ3v) is 10.4. The Labute approximate surface area is 240 Å². The number of Topliss-reactive ketones (excluding diaryl/α,β-unsaturated/α-hetero) is 1. The van der Waals surface area contributed by atoms with Gasteiger partial charge < -0.3 is 18.9 Å². The monoisotopic (exact) mass is 568 g/mol. The average Bonchev–Trinajstić information content (AvgIpc) is 3.53. The molecule has 5 heterocycles. The molecular weight excluding hydrogens is 527 g/mol. The molecule has 4 atom stereocenters. The van der Waals surface area contributed by atoms with Crippen molar-refractivity contribution in [1.82, 2.24) is 24.9 Å². The molecular formula is C30H41FN6O4. The zero-order chi connectivity index (χ0) is 28.4. The van der Waals surface area contributed by atoms with E-state index in [1.807, 2.05) is 24.9 Å². The topological polar surface area (TPSA) is 97.1 Å². The van der Waals surface area contributed by atoms with Crippen LogP contribution in [0.15, 0.2) is 10.6 Å². The molecule has 0 unspecified atom stereocenters. The van der Waals surface area contributed by atoms with E-state index >= 15 is 0 Å². The number of hydrogen-bond acceptors (Lipinski definition) is 10. The molecule has 2 aromatic heterocycles. The Morgan fingerprint density at radius 1 is 1.12 bits per heavy atom. The third kappa shape index (κ3) is 4.55. The van der Waals surface area contributed by atoms with Gasteiger partial charge in [-0.25, -0.2) is 9.37 Å². The van der Waals surface area contributed by atoms with Crippen LogP contribution in [0.5, 0.6) is 5.88 Å². The molecule has 10 nitrogen and oxygen atoms in total. The molecule has 2 aliphatic carbocycles. The number of ether oxygens (including phenoxy) is 2. The first-order chi connectivity index (χ1) is 19.8. The maximum absolute atomic E-state index is 14.2. The number of nitrogens with zero attached hydrogens (tertiary/aromatic N) is 6. The van der Waals surface area contributed by atoms with Gasteiger partial charge in [-0.3, -0.25) is 14.6 Å². The fourth-order valence-corrected chi connectivity index (χ4v) is 7.80. The number of rotatable bonds is 5. The van der Waals surface area contributed by atoms with Crippen molar-refractivity contribution in [3.05, 3.63) is 17.4 Å². The van der Waals surface area contributed by atoms with Gasteiger partial charge in [0.15, 0.2) is 17.3 Å². The van der Waals surface area contributed by atoms with Gasteiger partial charge in [-0.15, -0.1) is 0 Å². The first-order valence-corrected chi connectivity index (χ1v) is 15.2. The molecule has 41 heavy (non-hydrogen) atoms. The molecule has 0 amide bonds. The van der Waals surface area contributed by atoms with Crippen LogP contribution in [0.25, 0.3) is 11.5 Å². The van der Waals surface area contributed by atoms with Crippen molar-refractivity contribution in [2.45, 2.75) is 87.6 Å². The lowest BCUT2D eigenvalue weighted by atomic mass is 9.64. The Hall–Kier alpha value is -2.63. The van der Waals surface area contributed by atoms with E-state index in [0.29, 0.717) is 50.0 Å². The maximum atomic E-state index is 14.2. The second-order valence-corrected chi connectivity index (χ2v) is 13.0.